The second-order valence-corrected chi connectivity index (χ2v) is 5.23. The van der Waals surface area contributed by atoms with Crippen LogP contribution in [0.15, 0.2) is 45.5 Å². The fourth-order valence-electron chi connectivity index (χ4n) is 1.39. The molecule has 2 N–H and O–H groups in total. The first-order chi connectivity index (χ1) is 8.58. The van der Waals surface area contributed by atoms with E-state index in [-0.39, 0.29) is 5.56 Å². The van der Waals surface area contributed by atoms with Gasteiger partial charge in [0.05, 0.1) is 5.69 Å². The van der Waals surface area contributed by atoms with E-state index in [0.29, 0.717) is 10.3 Å². The molecule has 0 amide bonds. The summed E-state index contributed by atoms with van der Waals surface area (Å²) in [6.45, 7) is 0. The van der Waals surface area contributed by atoms with Crippen molar-refractivity contribution in [2.75, 3.05) is 5.32 Å². The smallest absolute Gasteiger partial charge is 0.339 e. The Labute approximate surface area is 120 Å². The SMILES string of the molecule is O=C(O)c1cc(Br)cnc1Nc1ccccc1Br. The summed E-state index contributed by atoms with van der Waals surface area (Å²) in [5.74, 6) is -0.726. The maximum atomic E-state index is 11.1. The van der Waals surface area contributed by atoms with Gasteiger partial charge in [-0.05, 0) is 50.1 Å². The van der Waals surface area contributed by atoms with E-state index < -0.39 is 5.97 Å². The van der Waals surface area contributed by atoms with Crippen molar-refractivity contribution in [3.8, 4) is 0 Å². The maximum Gasteiger partial charge on any atom is 0.339 e. The summed E-state index contributed by atoms with van der Waals surface area (Å²) in [6.07, 6.45) is 1.55. The normalized spacial score (nSPS) is 10.1. The maximum absolute atomic E-state index is 11.1. The van der Waals surface area contributed by atoms with E-state index in [0.717, 1.165) is 10.2 Å². The Kier molecular flexibility index (Phi) is 3.98. The Balaban J connectivity index is 2.41. The number of carbonyl (C=O) groups is 1. The van der Waals surface area contributed by atoms with Crippen LogP contribution in [0.5, 0.6) is 0 Å². The van der Waals surface area contributed by atoms with Crippen LogP contribution < -0.4 is 5.32 Å². The van der Waals surface area contributed by atoms with Gasteiger partial charge in [-0.2, -0.15) is 0 Å². The molecule has 0 aliphatic carbocycles. The number of halogens is 2. The molecular weight excluding hydrogens is 364 g/mol. The summed E-state index contributed by atoms with van der Waals surface area (Å²) >= 11 is 6.58. The number of hydrogen-bond donors (Lipinski definition) is 2. The van der Waals surface area contributed by atoms with Crippen LogP contribution in [0.2, 0.25) is 0 Å². The van der Waals surface area contributed by atoms with Gasteiger partial charge >= 0.3 is 5.97 Å². The van der Waals surface area contributed by atoms with Crippen LogP contribution in [-0.4, -0.2) is 16.1 Å². The molecule has 2 aromatic rings. The van der Waals surface area contributed by atoms with Gasteiger partial charge in [-0.1, -0.05) is 12.1 Å². The lowest BCUT2D eigenvalue weighted by Crippen LogP contribution is -2.05. The minimum absolute atomic E-state index is 0.111. The monoisotopic (exact) mass is 370 g/mol. The summed E-state index contributed by atoms with van der Waals surface area (Å²) in [6, 6.07) is 8.93. The van der Waals surface area contributed by atoms with E-state index in [4.69, 9.17) is 5.11 Å². The van der Waals surface area contributed by atoms with E-state index in [1.54, 1.807) is 6.20 Å². The van der Waals surface area contributed by atoms with Crippen molar-refractivity contribution in [2.45, 2.75) is 0 Å². The van der Waals surface area contributed by atoms with E-state index in [1.807, 2.05) is 24.3 Å². The number of carboxylic acid groups (broad SMARTS) is 1. The predicted molar refractivity (Wildman–Crippen MR) is 76.3 cm³/mol. The zero-order chi connectivity index (χ0) is 13.1. The van der Waals surface area contributed by atoms with Crippen LogP contribution in [0.25, 0.3) is 0 Å². The molecule has 0 aliphatic heterocycles. The van der Waals surface area contributed by atoms with Gasteiger partial charge in [-0.15, -0.1) is 0 Å². The van der Waals surface area contributed by atoms with Gasteiger partial charge in [0, 0.05) is 15.1 Å². The Morgan fingerprint density at radius 3 is 2.67 bits per heavy atom. The minimum atomic E-state index is -1.03. The largest absolute Gasteiger partial charge is 0.478 e. The first kappa shape index (κ1) is 13.0. The number of benzene rings is 1. The molecule has 0 aliphatic rings. The molecule has 0 radical (unpaired) electrons. The molecule has 18 heavy (non-hydrogen) atoms. The highest BCUT2D eigenvalue weighted by atomic mass is 79.9. The number of nitrogens with zero attached hydrogens (tertiary/aromatic N) is 1. The third-order valence-corrected chi connectivity index (χ3v) is 3.34. The second-order valence-electron chi connectivity index (χ2n) is 3.46. The van der Waals surface area contributed by atoms with Gasteiger partial charge in [-0.25, -0.2) is 9.78 Å². The van der Waals surface area contributed by atoms with E-state index in [9.17, 15) is 4.79 Å². The first-order valence-electron chi connectivity index (χ1n) is 4.98. The van der Waals surface area contributed by atoms with Gasteiger partial charge < -0.3 is 10.4 Å². The summed E-state index contributed by atoms with van der Waals surface area (Å²) in [5, 5.41) is 12.1. The number of aromatic carboxylic acids is 1. The van der Waals surface area contributed by atoms with Crippen LogP contribution in [0.3, 0.4) is 0 Å². The molecule has 0 saturated carbocycles. The minimum Gasteiger partial charge on any atom is -0.478 e. The van der Waals surface area contributed by atoms with Gasteiger partial charge in [0.1, 0.15) is 11.4 Å². The quantitative estimate of drug-likeness (QED) is 0.854. The zero-order valence-electron chi connectivity index (χ0n) is 9.02. The Morgan fingerprint density at radius 1 is 1.28 bits per heavy atom. The molecule has 6 heteroatoms. The molecule has 1 heterocycles. The average molecular weight is 372 g/mol. The molecule has 1 aromatic carbocycles. The topological polar surface area (TPSA) is 62.2 Å². The summed E-state index contributed by atoms with van der Waals surface area (Å²) < 4.78 is 1.46. The molecule has 0 atom stereocenters. The van der Waals surface area contributed by atoms with E-state index >= 15 is 0 Å². The molecule has 0 spiro atoms. The fraction of sp³-hybridized carbons (Fsp3) is 0. The molecule has 0 fully saturated rings. The van der Waals surface area contributed by atoms with Crippen molar-refractivity contribution >= 4 is 49.3 Å². The average Bonchev–Trinajstić information content (AvgIpc) is 2.34. The number of anilines is 2. The van der Waals surface area contributed by atoms with Crippen LogP contribution >= 0.6 is 31.9 Å². The molecule has 0 unspecified atom stereocenters. The molecular formula is C12H8Br2N2O2. The van der Waals surface area contributed by atoms with Crippen LogP contribution in [0.4, 0.5) is 11.5 Å². The van der Waals surface area contributed by atoms with Crippen molar-refractivity contribution in [1.82, 2.24) is 4.98 Å². The number of para-hydroxylation sites is 1. The number of hydrogen-bond acceptors (Lipinski definition) is 3. The van der Waals surface area contributed by atoms with E-state index in [2.05, 4.69) is 42.2 Å². The number of nitrogens with one attached hydrogen (secondary N) is 1. The zero-order valence-corrected chi connectivity index (χ0v) is 12.2. The summed E-state index contributed by atoms with van der Waals surface area (Å²) in [5.41, 5.74) is 0.870. The van der Waals surface area contributed by atoms with Crippen LogP contribution in [0.1, 0.15) is 10.4 Å². The van der Waals surface area contributed by atoms with Crippen molar-refractivity contribution in [2.24, 2.45) is 0 Å². The molecule has 0 saturated heterocycles. The lowest BCUT2D eigenvalue weighted by molar-refractivity contribution is 0.0697. The van der Waals surface area contributed by atoms with Crippen molar-refractivity contribution in [1.29, 1.82) is 0 Å². The van der Waals surface area contributed by atoms with Crippen molar-refractivity contribution < 1.29 is 9.90 Å². The molecule has 2 rings (SSSR count). The fourth-order valence-corrected chi connectivity index (χ4v) is 2.11. The third-order valence-electron chi connectivity index (χ3n) is 2.21. The molecule has 1 aromatic heterocycles. The third kappa shape index (κ3) is 2.88. The van der Waals surface area contributed by atoms with Crippen molar-refractivity contribution in [3.63, 3.8) is 0 Å². The number of rotatable bonds is 3. The van der Waals surface area contributed by atoms with Gasteiger partial charge in [0.15, 0.2) is 0 Å². The molecule has 0 bridgehead atoms. The Bertz CT molecular complexity index is 602. The van der Waals surface area contributed by atoms with Gasteiger partial charge in [0.2, 0.25) is 0 Å². The highest BCUT2D eigenvalue weighted by Crippen LogP contribution is 2.27. The lowest BCUT2D eigenvalue weighted by atomic mass is 10.2. The lowest BCUT2D eigenvalue weighted by Gasteiger charge is -2.10. The van der Waals surface area contributed by atoms with Crippen LogP contribution in [-0.2, 0) is 0 Å². The van der Waals surface area contributed by atoms with Crippen LogP contribution in [0, 0.1) is 0 Å². The highest BCUT2D eigenvalue weighted by Gasteiger charge is 2.13. The number of pyridine rings is 1. The van der Waals surface area contributed by atoms with E-state index in [1.165, 1.54) is 6.07 Å². The van der Waals surface area contributed by atoms with Gasteiger partial charge in [0.25, 0.3) is 0 Å². The van der Waals surface area contributed by atoms with Crippen molar-refractivity contribution in [3.05, 3.63) is 51.0 Å². The Hall–Kier alpha value is -1.40. The number of aromatic nitrogens is 1. The number of carboxylic acids is 1. The second kappa shape index (κ2) is 5.49. The highest BCUT2D eigenvalue weighted by molar-refractivity contribution is 9.10. The summed E-state index contributed by atoms with van der Waals surface area (Å²) in [4.78, 5) is 15.2. The van der Waals surface area contributed by atoms with Gasteiger partial charge in [-0.3, -0.25) is 0 Å². The predicted octanol–water partition coefficient (Wildman–Crippen LogP) is 4.05. The Morgan fingerprint density at radius 2 is 2.00 bits per heavy atom. The summed E-state index contributed by atoms with van der Waals surface area (Å²) in [7, 11) is 0. The first-order valence-corrected chi connectivity index (χ1v) is 6.57. The molecule has 4 nitrogen and oxygen atoms in total. The standard InChI is InChI=1S/C12H8Br2N2O2/c13-7-5-8(12(17)18)11(15-6-7)16-10-4-2-1-3-9(10)14/h1-6H,(H,15,16)(H,17,18). The molecule has 92 valence electrons.